The quantitative estimate of drug-likeness (QED) is 0.797. The van der Waals surface area contributed by atoms with Crippen LogP contribution in [0.4, 0.5) is 5.82 Å². The molecule has 7 heteroatoms. The van der Waals surface area contributed by atoms with E-state index in [-0.39, 0.29) is 23.8 Å². The van der Waals surface area contributed by atoms with Gasteiger partial charge in [0.2, 0.25) is 11.8 Å². The highest BCUT2D eigenvalue weighted by Crippen LogP contribution is 2.32. The molecule has 4 heterocycles. The summed E-state index contributed by atoms with van der Waals surface area (Å²) in [5.41, 5.74) is 2.07. The molecule has 4 rings (SSSR count). The van der Waals surface area contributed by atoms with E-state index in [4.69, 9.17) is 14.7 Å². The lowest BCUT2D eigenvalue weighted by molar-refractivity contribution is -0.136. The largest absolute Gasteiger partial charge is 0.378 e. The van der Waals surface area contributed by atoms with Crippen LogP contribution in [-0.2, 0) is 20.7 Å². The molecule has 0 saturated carbocycles. The zero-order chi connectivity index (χ0) is 19.7. The molecule has 7 nitrogen and oxygen atoms in total. The number of anilines is 1. The number of aromatic nitrogens is 2. The van der Waals surface area contributed by atoms with Crippen molar-refractivity contribution in [3.8, 4) is 0 Å². The van der Waals surface area contributed by atoms with Crippen molar-refractivity contribution in [2.24, 2.45) is 0 Å². The molecular formula is C21H30N4O3. The molecule has 0 radical (unpaired) electrons. The topological polar surface area (TPSA) is 75.6 Å². The van der Waals surface area contributed by atoms with Gasteiger partial charge >= 0.3 is 0 Å². The Morgan fingerprint density at radius 3 is 2.64 bits per heavy atom. The maximum atomic E-state index is 12.6. The van der Waals surface area contributed by atoms with Gasteiger partial charge in [-0.15, -0.1) is 0 Å². The highest BCUT2D eigenvalue weighted by Gasteiger charge is 2.30. The first kappa shape index (κ1) is 19.3. The predicted octanol–water partition coefficient (Wildman–Crippen LogP) is 2.36. The van der Waals surface area contributed by atoms with Gasteiger partial charge < -0.3 is 9.64 Å². The molecule has 0 N–H and O–H groups in total. The van der Waals surface area contributed by atoms with E-state index >= 15 is 0 Å². The van der Waals surface area contributed by atoms with Gasteiger partial charge in [0.1, 0.15) is 11.6 Å². The van der Waals surface area contributed by atoms with E-state index in [1.165, 1.54) is 0 Å². The standard InChI is InChI=1S/C21H30N4O3/c1-14-17-6-7-18(26)24(2)21(17)23-20(22-14)15-8-10-25(11-9-15)19(27)13-16-5-3-4-12-28-16/h15-16H,3-13H2,1-2H3/t16-/m1/s1. The fourth-order valence-corrected chi connectivity index (χ4v) is 4.55. The number of likely N-dealkylation sites (tertiary alicyclic amines) is 1. The lowest BCUT2D eigenvalue weighted by atomic mass is 9.94. The van der Waals surface area contributed by atoms with Gasteiger partial charge in [-0.2, -0.15) is 0 Å². The van der Waals surface area contributed by atoms with Crippen molar-refractivity contribution in [1.29, 1.82) is 0 Å². The monoisotopic (exact) mass is 386 g/mol. The summed E-state index contributed by atoms with van der Waals surface area (Å²) in [4.78, 5) is 37.8. The van der Waals surface area contributed by atoms with Gasteiger partial charge in [-0.1, -0.05) is 0 Å². The summed E-state index contributed by atoms with van der Waals surface area (Å²) in [5.74, 6) is 2.15. The van der Waals surface area contributed by atoms with Crippen molar-refractivity contribution in [2.75, 3.05) is 31.6 Å². The van der Waals surface area contributed by atoms with Crippen molar-refractivity contribution in [2.45, 2.75) is 70.3 Å². The number of nitrogens with zero attached hydrogens (tertiary/aromatic N) is 4. The number of ether oxygens (including phenoxy) is 1. The lowest BCUT2D eigenvalue weighted by Gasteiger charge is -2.33. The summed E-state index contributed by atoms with van der Waals surface area (Å²) in [5, 5.41) is 0. The number of amides is 2. The van der Waals surface area contributed by atoms with Gasteiger partial charge in [0.25, 0.3) is 0 Å². The highest BCUT2D eigenvalue weighted by atomic mass is 16.5. The van der Waals surface area contributed by atoms with Gasteiger partial charge in [-0.05, 0) is 45.4 Å². The van der Waals surface area contributed by atoms with Crippen LogP contribution >= 0.6 is 0 Å². The van der Waals surface area contributed by atoms with Crippen molar-refractivity contribution < 1.29 is 14.3 Å². The van der Waals surface area contributed by atoms with Crippen LogP contribution in [0.5, 0.6) is 0 Å². The first-order valence-electron chi connectivity index (χ1n) is 10.6. The fraction of sp³-hybridized carbons (Fsp3) is 0.714. The number of carbonyl (C=O) groups is 2. The third-order valence-electron chi connectivity index (χ3n) is 6.38. The molecule has 152 valence electrons. The molecule has 1 aromatic heterocycles. The van der Waals surface area contributed by atoms with Crippen molar-refractivity contribution in [3.63, 3.8) is 0 Å². The van der Waals surface area contributed by atoms with Crippen molar-refractivity contribution in [3.05, 3.63) is 17.1 Å². The first-order chi connectivity index (χ1) is 13.5. The predicted molar refractivity (Wildman–Crippen MR) is 105 cm³/mol. The summed E-state index contributed by atoms with van der Waals surface area (Å²) < 4.78 is 5.71. The van der Waals surface area contributed by atoms with Crippen LogP contribution in [0.1, 0.15) is 67.9 Å². The summed E-state index contributed by atoms with van der Waals surface area (Å²) in [6.07, 6.45) is 6.85. The van der Waals surface area contributed by atoms with Gasteiger partial charge in [-0.25, -0.2) is 9.97 Å². The Morgan fingerprint density at radius 1 is 1.14 bits per heavy atom. The third-order valence-corrected chi connectivity index (χ3v) is 6.38. The summed E-state index contributed by atoms with van der Waals surface area (Å²) in [6, 6.07) is 0. The molecule has 28 heavy (non-hydrogen) atoms. The molecule has 0 aromatic carbocycles. The lowest BCUT2D eigenvalue weighted by Crippen LogP contribution is -2.40. The van der Waals surface area contributed by atoms with Crippen LogP contribution in [0.3, 0.4) is 0 Å². The van der Waals surface area contributed by atoms with Gasteiger partial charge in [0, 0.05) is 50.3 Å². The molecule has 0 aliphatic carbocycles. The molecule has 1 aromatic rings. The van der Waals surface area contributed by atoms with Crippen LogP contribution < -0.4 is 4.90 Å². The number of fused-ring (bicyclic) bond motifs is 1. The van der Waals surface area contributed by atoms with Crippen LogP contribution in [0.15, 0.2) is 0 Å². The van der Waals surface area contributed by atoms with Crippen LogP contribution in [-0.4, -0.2) is 59.5 Å². The van der Waals surface area contributed by atoms with Gasteiger partial charge in [0.05, 0.1) is 12.5 Å². The van der Waals surface area contributed by atoms with Crippen LogP contribution in [0.2, 0.25) is 0 Å². The summed E-state index contributed by atoms with van der Waals surface area (Å²) >= 11 is 0. The minimum Gasteiger partial charge on any atom is -0.378 e. The van der Waals surface area contributed by atoms with Crippen LogP contribution in [0, 0.1) is 6.92 Å². The normalized spacial score (nSPS) is 23.6. The number of piperidine rings is 1. The molecule has 1 atom stereocenters. The number of hydrogen-bond acceptors (Lipinski definition) is 5. The Balaban J connectivity index is 1.39. The Labute approximate surface area is 166 Å². The van der Waals surface area contributed by atoms with E-state index in [2.05, 4.69) is 0 Å². The van der Waals surface area contributed by atoms with E-state index in [1.54, 1.807) is 11.9 Å². The molecule has 3 aliphatic heterocycles. The van der Waals surface area contributed by atoms with E-state index in [9.17, 15) is 9.59 Å². The minimum atomic E-state index is 0.0960. The first-order valence-corrected chi connectivity index (χ1v) is 10.6. The van der Waals surface area contributed by atoms with E-state index in [0.29, 0.717) is 12.8 Å². The molecule has 0 spiro atoms. The maximum absolute atomic E-state index is 12.6. The second-order valence-corrected chi connectivity index (χ2v) is 8.27. The molecule has 3 aliphatic rings. The maximum Gasteiger partial charge on any atom is 0.228 e. The Hall–Kier alpha value is -2.02. The second kappa shape index (κ2) is 8.15. The van der Waals surface area contributed by atoms with Gasteiger partial charge in [-0.3, -0.25) is 14.5 Å². The Kier molecular flexibility index (Phi) is 5.62. The number of aryl methyl sites for hydroxylation is 1. The molecule has 2 fully saturated rings. The third kappa shape index (κ3) is 3.90. The highest BCUT2D eigenvalue weighted by molar-refractivity contribution is 5.94. The van der Waals surface area contributed by atoms with Crippen molar-refractivity contribution >= 4 is 17.6 Å². The average Bonchev–Trinajstić information content (AvgIpc) is 2.72. The molecule has 2 saturated heterocycles. The molecule has 0 bridgehead atoms. The molecule has 2 amide bonds. The minimum absolute atomic E-state index is 0.0960. The van der Waals surface area contributed by atoms with Crippen molar-refractivity contribution in [1.82, 2.24) is 14.9 Å². The SMILES string of the molecule is Cc1nc(C2CCN(C(=O)C[C@H]3CCCCO3)CC2)nc2c1CCC(=O)N2C. The smallest absolute Gasteiger partial charge is 0.228 e. The summed E-state index contributed by atoms with van der Waals surface area (Å²) in [6.45, 7) is 4.28. The molecular weight excluding hydrogens is 356 g/mol. The van der Waals surface area contributed by atoms with Gasteiger partial charge in [0.15, 0.2) is 0 Å². The Bertz CT molecular complexity index is 752. The number of rotatable bonds is 3. The summed E-state index contributed by atoms with van der Waals surface area (Å²) in [7, 11) is 1.80. The second-order valence-electron chi connectivity index (χ2n) is 8.27. The van der Waals surface area contributed by atoms with Crippen LogP contribution in [0.25, 0.3) is 0 Å². The zero-order valence-corrected chi connectivity index (χ0v) is 16.9. The fourth-order valence-electron chi connectivity index (χ4n) is 4.55. The number of carbonyl (C=O) groups excluding carboxylic acids is 2. The zero-order valence-electron chi connectivity index (χ0n) is 16.9. The molecule has 0 unspecified atom stereocenters. The van der Waals surface area contributed by atoms with E-state index in [1.807, 2.05) is 11.8 Å². The number of hydrogen-bond donors (Lipinski definition) is 0. The van der Waals surface area contributed by atoms with E-state index in [0.717, 1.165) is 81.1 Å². The average molecular weight is 386 g/mol. The Morgan fingerprint density at radius 2 is 1.93 bits per heavy atom. The van der Waals surface area contributed by atoms with E-state index < -0.39 is 0 Å².